The number of fused-ring (bicyclic) bond motifs is 1. The molecule has 1 aromatic carbocycles. The molecule has 8 heteroatoms. The van der Waals surface area contributed by atoms with Gasteiger partial charge in [0.1, 0.15) is 5.15 Å². The molecule has 4 nitrogen and oxygen atoms in total. The Balaban J connectivity index is 2.22. The van der Waals surface area contributed by atoms with Gasteiger partial charge in [-0.2, -0.15) is 13.2 Å². The van der Waals surface area contributed by atoms with Gasteiger partial charge >= 0.3 is 6.18 Å². The molecule has 0 bridgehead atoms. The first-order valence-corrected chi connectivity index (χ1v) is 10.0. The van der Waals surface area contributed by atoms with Crippen molar-refractivity contribution >= 4 is 17.4 Å². The van der Waals surface area contributed by atoms with Crippen molar-refractivity contribution in [1.82, 2.24) is 18.9 Å². The van der Waals surface area contributed by atoms with Gasteiger partial charge in [0.15, 0.2) is 5.69 Å². The normalized spacial score (nSPS) is 12.5. The SMILES string of the molecule is CCCCN(C)Cc1c(C(F)(F)F)nc2n(-c3c(C)cc(C)cc3C)c(Cl)cn12. The zero-order valence-corrected chi connectivity index (χ0v) is 18.1. The number of benzene rings is 1. The molecule has 0 unspecified atom stereocenters. The average molecular weight is 427 g/mol. The zero-order valence-electron chi connectivity index (χ0n) is 17.4. The van der Waals surface area contributed by atoms with Crippen LogP contribution in [-0.4, -0.2) is 32.4 Å². The molecule has 0 amide bonds. The number of hydrogen-bond acceptors (Lipinski definition) is 2. The summed E-state index contributed by atoms with van der Waals surface area (Å²) in [5.41, 5.74) is 2.96. The molecule has 29 heavy (non-hydrogen) atoms. The molecule has 0 fully saturated rings. The third kappa shape index (κ3) is 4.16. The van der Waals surface area contributed by atoms with Gasteiger partial charge in [0, 0.05) is 12.7 Å². The van der Waals surface area contributed by atoms with Crippen LogP contribution in [0.5, 0.6) is 0 Å². The van der Waals surface area contributed by atoms with Crippen LogP contribution in [0.3, 0.4) is 0 Å². The van der Waals surface area contributed by atoms with E-state index in [9.17, 15) is 13.2 Å². The first-order valence-electron chi connectivity index (χ1n) is 9.66. The van der Waals surface area contributed by atoms with Gasteiger partial charge < -0.3 is 4.90 Å². The van der Waals surface area contributed by atoms with E-state index in [1.165, 1.54) is 10.6 Å². The number of aryl methyl sites for hydroxylation is 3. The summed E-state index contributed by atoms with van der Waals surface area (Å²) >= 11 is 6.49. The minimum Gasteiger partial charge on any atom is -0.301 e. The maximum atomic E-state index is 13.8. The van der Waals surface area contributed by atoms with Crippen LogP contribution in [0.15, 0.2) is 18.3 Å². The highest BCUT2D eigenvalue weighted by Gasteiger charge is 2.39. The van der Waals surface area contributed by atoms with Gasteiger partial charge in [0.2, 0.25) is 5.78 Å². The zero-order chi connectivity index (χ0) is 21.5. The molecule has 2 aromatic heterocycles. The van der Waals surface area contributed by atoms with Gasteiger partial charge in [-0.3, -0.25) is 8.97 Å². The lowest BCUT2D eigenvalue weighted by atomic mass is 10.1. The summed E-state index contributed by atoms with van der Waals surface area (Å²) in [4.78, 5) is 5.89. The van der Waals surface area contributed by atoms with E-state index in [1.54, 1.807) is 4.57 Å². The summed E-state index contributed by atoms with van der Waals surface area (Å²) in [6, 6.07) is 3.98. The Bertz CT molecular complexity index is 1010. The van der Waals surface area contributed by atoms with E-state index in [-0.39, 0.29) is 18.0 Å². The molecule has 0 aliphatic heterocycles. The molecule has 3 aromatic rings. The first kappa shape index (κ1) is 21.7. The van der Waals surface area contributed by atoms with E-state index >= 15 is 0 Å². The Morgan fingerprint density at radius 2 is 1.76 bits per heavy atom. The van der Waals surface area contributed by atoms with Gasteiger partial charge in [-0.05, 0) is 51.9 Å². The third-order valence-corrected chi connectivity index (χ3v) is 5.35. The van der Waals surface area contributed by atoms with Crippen molar-refractivity contribution in [3.8, 4) is 5.69 Å². The Hall–Kier alpha value is -1.99. The Morgan fingerprint density at radius 3 is 2.31 bits per heavy atom. The Kier molecular flexibility index (Phi) is 6.01. The molecular weight excluding hydrogens is 401 g/mol. The molecule has 0 aliphatic carbocycles. The third-order valence-electron chi connectivity index (χ3n) is 5.08. The van der Waals surface area contributed by atoms with Crippen molar-refractivity contribution in [2.75, 3.05) is 13.6 Å². The van der Waals surface area contributed by atoms with Gasteiger partial charge in [0.05, 0.1) is 11.4 Å². The smallest absolute Gasteiger partial charge is 0.301 e. The number of alkyl halides is 3. The number of hydrogen-bond donors (Lipinski definition) is 0. The first-order chi connectivity index (χ1) is 13.5. The van der Waals surface area contributed by atoms with E-state index in [2.05, 4.69) is 11.9 Å². The molecule has 0 atom stereocenters. The van der Waals surface area contributed by atoms with Crippen LogP contribution in [0.1, 0.15) is 47.8 Å². The monoisotopic (exact) mass is 426 g/mol. The van der Waals surface area contributed by atoms with Gasteiger partial charge in [-0.25, -0.2) is 4.98 Å². The van der Waals surface area contributed by atoms with E-state index in [0.29, 0.717) is 11.7 Å². The minimum absolute atomic E-state index is 0.106. The minimum atomic E-state index is -4.54. The molecular formula is C21H26ClF3N4. The summed E-state index contributed by atoms with van der Waals surface area (Å²) in [7, 11) is 1.82. The van der Waals surface area contributed by atoms with Crippen LogP contribution < -0.4 is 0 Å². The van der Waals surface area contributed by atoms with Crippen molar-refractivity contribution in [2.24, 2.45) is 0 Å². The van der Waals surface area contributed by atoms with Crippen LogP contribution in [0.2, 0.25) is 5.15 Å². The summed E-state index contributed by atoms with van der Waals surface area (Å²) in [5, 5.41) is 0.328. The van der Waals surface area contributed by atoms with Crippen LogP contribution >= 0.6 is 11.6 Å². The van der Waals surface area contributed by atoms with Crippen LogP contribution in [0, 0.1) is 20.8 Å². The maximum Gasteiger partial charge on any atom is 0.435 e. The highest BCUT2D eigenvalue weighted by Crippen LogP contribution is 2.35. The van der Waals surface area contributed by atoms with Gasteiger partial charge in [-0.1, -0.05) is 42.6 Å². The maximum absolute atomic E-state index is 13.8. The molecule has 0 radical (unpaired) electrons. The quantitative estimate of drug-likeness (QED) is 0.486. The van der Waals surface area contributed by atoms with Crippen molar-refractivity contribution in [1.29, 1.82) is 0 Å². The number of nitrogens with zero attached hydrogens (tertiary/aromatic N) is 4. The fourth-order valence-electron chi connectivity index (χ4n) is 3.88. The summed E-state index contributed by atoms with van der Waals surface area (Å²) in [6.45, 7) is 8.74. The van der Waals surface area contributed by atoms with E-state index < -0.39 is 11.9 Å². The summed E-state index contributed by atoms with van der Waals surface area (Å²) in [5.74, 6) is 0.177. The lowest BCUT2D eigenvalue weighted by Crippen LogP contribution is -2.22. The number of imidazole rings is 2. The molecule has 0 N–H and O–H groups in total. The lowest BCUT2D eigenvalue weighted by molar-refractivity contribution is -0.141. The largest absolute Gasteiger partial charge is 0.435 e. The number of rotatable bonds is 6. The summed E-state index contributed by atoms with van der Waals surface area (Å²) < 4.78 is 44.4. The van der Waals surface area contributed by atoms with Crippen LogP contribution in [-0.2, 0) is 12.7 Å². The molecule has 0 saturated carbocycles. The second-order valence-corrected chi connectivity index (χ2v) is 8.09. The van der Waals surface area contributed by atoms with Crippen molar-refractivity contribution in [3.63, 3.8) is 0 Å². The van der Waals surface area contributed by atoms with E-state index in [4.69, 9.17) is 11.6 Å². The standard InChI is InChI=1S/C21H26ClF3N4/c1-6-7-8-27(5)11-16-19(21(23,24)25)26-20-28(16)12-17(22)29(20)18-14(3)9-13(2)10-15(18)4/h9-10,12H,6-8,11H2,1-5H3. The number of unbranched alkanes of at least 4 members (excludes halogenated alkanes) is 1. The summed E-state index contributed by atoms with van der Waals surface area (Å²) in [6.07, 6.45) is -1.11. The molecule has 158 valence electrons. The Labute approximate surface area is 173 Å². The second-order valence-electron chi connectivity index (χ2n) is 7.70. The predicted molar refractivity (Wildman–Crippen MR) is 110 cm³/mol. The average Bonchev–Trinajstić information content (AvgIpc) is 3.09. The van der Waals surface area contributed by atoms with Crippen LogP contribution in [0.4, 0.5) is 13.2 Å². The topological polar surface area (TPSA) is 25.5 Å². The van der Waals surface area contributed by atoms with Crippen molar-refractivity contribution in [2.45, 2.75) is 53.3 Å². The molecule has 0 aliphatic rings. The van der Waals surface area contributed by atoms with E-state index in [0.717, 1.165) is 35.2 Å². The van der Waals surface area contributed by atoms with Gasteiger partial charge in [-0.15, -0.1) is 0 Å². The fraction of sp³-hybridized carbons (Fsp3) is 0.476. The second kappa shape index (κ2) is 8.03. The van der Waals surface area contributed by atoms with Crippen LogP contribution in [0.25, 0.3) is 11.5 Å². The highest BCUT2D eigenvalue weighted by atomic mass is 35.5. The van der Waals surface area contributed by atoms with E-state index in [1.807, 2.05) is 44.9 Å². The molecule has 0 spiro atoms. The Morgan fingerprint density at radius 1 is 1.14 bits per heavy atom. The highest BCUT2D eigenvalue weighted by molar-refractivity contribution is 6.30. The van der Waals surface area contributed by atoms with Crippen molar-refractivity contribution < 1.29 is 13.2 Å². The molecule has 2 heterocycles. The number of halogens is 4. The number of aromatic nitrogens is 3. The fourth-order valence-corrected chi connectivity index (χ4v) is 4.14. The van der Waals surface area contributed by atoms with Crippen molar-refractivity contribution in [3.05, 3.63) is 51.6 Å². The van der Waals surface area contributed by atoms with Gasteiger partial charge in [0.25, 0.3) is 0 Å². The molecule has 0 saturated heterocycles. The molecule has 3 rings (SSSR count). The predicted octanol–water partition coefficient (Wildman–Crippen LogP) is 5.95. The lowest BCUT2D eigenvalue weighted by Gasteiger charge is -2.17.